The van der Waals surface area contributed by atoms with Crippen LogP contribution in [0.4, 0.5) is 0 Å². The zero-order valence-electron chi connectivity index (χ0n) is 30.5. The Hall–Kier alpha value is -7.28. The predicted molar refractivity (Wildman–Crippen MR) is 242 cm³/mol. The first-order chi connectivity index (χ1) is 27.7. The molecule has 0 fully saturated rings. The summed E-state index contributed by atoms with van der Waals surface area (Å²) in [7, 11) is 0. The van der Waals surface area contributed by atoms with E-state index in [4.69, 9.17) is 0 Å². The van der Waals surface area contributed by atoms with Gasteiger partial charge in [-0.3, -0.25) is 0 Å². The van der Waals surface area contributed by atoms with Crippen LogP contribution in [-0.2, 0) is 0 Å². The van der Waals surface area contributed by atoms with Crippen molar-refractivity contribution < 1.29 is 0 Å². The molecule has 0 heterocycles. The van der Waals surface area contributed by atoms with Gasteiger partial charge in [-0.05, 0) is 179 Å². The van der Waals surface area contributed by atoms with Crippen LogP contribution in [-0.4, -0.2) is 0 Å². The third kappa shape index (κ3) is 4.19. The minimum absolute atomic E-state index is 1.25. The number of hydrogen-bond acceptors (Lipinski definition) is 0. The summed E-state index contributed by atoms with van der Waals surface area (Å²) in [6.07, 6.45) is 0. The molecule has 12 aromatic rings. The van der Waals surface area contributed by atoms with Crippen LogP contribution in [0.3, 0.4) is 0 Å². The van der Waals surface area contributed by atoms with E-state index in [1.807, 2.05) is 0 Å². The molecular formula is C56H32. The van der Waals surface area contributed by atoms with Crippen molar-refractivity contribution in [1.29, 1.82) is 0 Å². The molecule has 56 heavy (non-hydrogen) atoms. The van der Waals surface area contributed by atoms with E-state index in [1.165, 1.54) is 131 Å². The molecule has 0 aromatic heterocycles. The molecular weight excluding hydrogens is 673 g/mol. The second kappa shape index (κ2) is 11.1. The number of hydrogen-bond donors (Lipinski definition) is 0. The fourth-order valence-corrected chi connectivity index (χ4v) is 10.0. The molecule has 0 aliphatic heterocycles. The monoisotopic (exact) mass is 704 g/mol. The highest BCUT2D eigenvalue weighted by molar-refractivity contribution is 6.25. The van der Waals surface area contributed by atoms with Crippen molar-refractivity contribution in [1.82, 2.24) is 0 Å². The highest BCUT2D eigenvalue weighted by atomic mass is 14.3. The first-order valence-corrected chi connectivity index (χ1v) is 19.6. The van der Waals surface area contributed by atoms with Gasteiger partial charge < -0.3 is 0 Å². The van der Waals surface area contributed by atoms with Crippen LogP contribution in [0.15, 0.2) is 194 Å². The topological polar surface area (TPSA) is 0 Å². The van der Waals surface area contributed by atoms with Gasteiger partial charge in [-0.2, -0.15) is 0 Å². The van der Waals surface area contributed by atoms with Crippen LogP contribution in [0.1, 0.15) is 0 Å². The molecule has 0 saturated carbocycles. The Morgan fingerprint density at radius 3 is 0.571 bits per heavy atom. The van der Waals surface area contributed by atoms with Crippen molar-refractivity contribution >= 4 is 86.2 Å². The van der Waals surface area contributed by atoms with Gasteiger partial charge in [0.25, 0.3) is 0 Å². The molecule has 0 nitrogen and oxygen atoms in total. The number of fused-ring (bicyclic) bond motifs is 20. The van der Waals surface area contributed by atoms with Crippen LogP contribution in [0.25, 0.3) is 131 Å². The zero-order chi connectivity index (χ0) is 36.5. The predicted octanol–water partition coefficient (Wildman–Crippen LogP) is 15.9. The van der Waals surface area contributed by atoms with E-state index in [9.17, 15) is 0 Å². The Kier molecular flexibility index (Phi) is 5.98. The first kappa shape index (κ1) is 30.1. The van der Waals surface area contributed by atoms with Gasteiger partial charge in [0.15, 0.2) is 0 Å². The summed E-state index contributed by atoms with van der Waals surface area (Å²) in [5.74, 6) is 0. The summed E-state index contributed by atoms with van der Waals surface area (Å²) < 4.78 is 0. The second-order valence-corrected chi connectivity index (χ2v) is 15.6. The van der Waals surface area contributed by atoms with Crippen LogP contribution >= 0.6 is 0 Å². The SMILES string of the molecule is c1ccc2cc3c4c(ccc3cc2c1)-c1c(ccc2cc3ccccc3cc12)-c1c(ccc2cc3ccccc3cc12)-c1c-4ccc2cc3ccccc3cc12. The Bertz CT molecular complexity index is 3170. The van der Waals surface area contributed by atoms with Crippen molar-refractivity contribution in [3.05, 3.63) is 194 Å². The van der Waals surface area contributed by atoms with Gasteiger partial charge >= 0.3 is 0 Å². The van der Waals surface area contributed by atoms with E-state index >= 15 is 0 Å². The minimum atomic E-state index is 1.25. The summed E-state index contributed by atoms with van der Waals surface area (Å²) in [6.45, 7) is 0. The van der Waals surface area contributed by atoms with E-state index in [0.29, 0.717) is 0 Å². The average Bonchev–Trinajstić information content (AvgIpc) is 3.24. The number of rotatable bonds is 0. The lowest BCUT2D eigenvalue weighted by Crippen LogP contribution is -2.01. The Labute approximate surface area is 323 Å². The largest absolute Gasteiger partial charge is 0.0616 e. The van der Waals surface area contributed by atoms with Gasteiger partial charge in [0.1, 0.15) is 0 Å². The fraction of sp³-hybridized carbons (Fsp3) is 0. The first-order valence-electron chi connectivity index (χ1n) is 19.6. The maximum absolute atomic E-state index is 2.44. The van der Waals surface area contributed by atoms with Gasteiger partial charge in [-0.25, -0.2) is 0 Å². The van der Waals surface area contributed by atoms with E-state index in [0.717, 1.165) is 0 Å². The lowest BCUT2D eigenvalue weighted by molar-refractivity contribution is 1.60. The Morgan fingerprint density at radius 2 is 0.357 bits per heavy atom. The van der Waals surface area contributed by atoms with Gasteiger partial charge in [0.05, 0.1) is 0 Å². The minimum Gasteiger partial charge on any atom is -0.0616 e. The molecule has 0 unspecified atom stereocenters. The molecule has 0 spiro atoms. The van der Waals surface area contributed by atoms with E-state index < -0.39 is 0 Å². The van der Waals surface area contributed by atoms with Crippen LogP contribution in [0, 0.1) is 0 Å². The van der Waals surface area contributed by atoms with Gasteiger partial charge in [0.2, 0.25) is 0 Å². The summed E-state index contributed by atoms with van der Waals surface area (Å²) in [5, 5.41) is 20.2. The highest BCUT2D eigenvalue weighted by Crippen LogP contribution is 2.55. The zero-order valence-corrected chi connectivity index (χ0v) is 30.5. The third-order valence-electron chi connectivity index (χ3n) is 12.6. The van der Waals surface area contributed by atoms with E-state index in [-0.39, 0.29) is 0 Å². The van der Waals surface area contributed by atoms with E-state index in [1.54, 1.807) is 0 Å². The average molecular weight is 705 g/mol. The smallest absolute Gasteiger partial charge is 0.00197 e. The molecule has 1 aliphatic carbocycles. The van der Waals surface area contributed by atoms with Crippen LogP contribution < -0.4 is 0 Å². The Morgan fingerprint density at radius 1 is 0.161 bits per heavy atom. The summed E-state index contributed by atoms with van der Waals surface area (Å²) >= 11 is 0. The normalized spacial score (nSPS) is 12.3. The van der Waals surface area contributed by atoms with Crippen molar-refractivity contribution in [2.24, 2.45) is 0 Å². The van der Waals surface area contributed by atoms with Crippen molar-refractivity contribution in [3.63, 3.8) is 0 Å². The molecule has 0 heteroatoms. The highest BCUT2D eigenvalue weighted by Gasteiger charge is 2.28. The summed E-state index contributed by atoms with van der Waals surface area (Å²) in [6, 6.07) is 73.5. The molecule has 0 saturated heterocycles. The third-order valence-corrected chi connectivity index (χ3v) is 12.6. The second-order valence-electron chi connectivity index (χ2n) is 15.6. The molecule has 256 valence electrons. The number of benzene rings is 12. The molecule has 12 aromatic carbocycles. The van der Waals surface area contributed by atoms with Crippen molar-refractivity contribution in [2.45, 2.75) is 0 Å². The van der Waals surface area contributed by atoms with Gasteiger partial charge in [-0.1, -0.05) is 146 Å². The molecule has 0 radical (unpaired) electrons. The fourth-order valence-electron chi connectivity index (χ4n) is 10.0. The van der Waals surface area contributed by atoms with E-state index in [2.05, 4.69) is 194 Å². The molecule has 0 amide bonds. The molecule has 0 atom stereocenters. The van der Waals surface area contributed by atoms with Crippen LogP contribution in [0.2, 0.25) is 0 Å². The molecule has 0 N–H and O–H groups in total. The summed E-state index contributed by atoms with van der Waals surface area (Å²) in [5.41, 5.74) is 10.3. The molecule has 0 bridgehead atoms. The van der Waals surface area contributed by atoms with Gasteiger partial charge in [-0.15, -0.1) is 0 Å². The summed E-state index contributed by atoms with van der Waals surface area (Å²) in [4.78, 5) is 0. The van der Waals surface area contributed by atoms with Crippen LogP contribution in [0.5, 0.6) is 0 Å². The molecule has 1 aliphatic rings. The van der Waals surface area contributed by atoms with Crippen molar-refractivity contribution in [3.8, 4) is 44.5 Å². The lowest BCUT2D eigenvalue weighted by atomic mass is 9.75. The maximum Gasteiger partial charge on any atom is -0.00197 e. The Balaban J connectivity index is 1.30. The standard InChI is InChI=1S/C56H32/c1-5-13-37-29-49-41(25-33(37)9-1)17-21-45-53(49)46-22-18-42-26-34-10-3-7-15-39(34)31-51(42)55(46)48-24-20-44-28-36-12-4-8-16-40(36)32-52(44)56(48)47-23-19-43-27-35-11-2-6-14-38(35)30-50(43)54(45)47/h1-32H. The maximum atomic E-state index is 2.44. The quantitative estimate of drug-likeness (QED) is 0.138. The molecule has 13 rings (SSSR count). The van der Waals surface area contributed by atoms with Gasteiger partial charge in [0, 0.05) is 0 Å². The van der Waals surface area contributed by atoms with Crippen molar-refractivity contribution in [2.75, 3.05) is 0 Å². The lowest BCUT2D eigenvalue weighted by Gasteiger charge is -2.28.